The Balaban J connectivity index is 1.61. The van der Waals surface area contributed by atoms with Crippen LogP contribution < -0.4 is 0 Å². The van der Waals surface area contributed by atoms with Crippen LogP contribution in [0.2, 0.25) is 0 Å². The number of carbonyl (C=O) groups is 1. The number of carbonyl (C=O) groups excluding carboxylic acids is 1. The smallest absolute Gasteiger partial charge is 0.178 e. The molecule has 7 atom stereocenters. The van der Waals surface area contributed by atoms with Crippen molar-refractivity contribution in [3.05, 3.63) is 36.0 Å². The van der Waals surface area contributed by atoms with E-state index in [0.717, 1.165) is 44.9 Å². The van der Waals surface area contributed by atoms with Crippen LogP contribution >= 0.6 is 0 Å². The summed E-state index contributed by atoms with van der Waals surface area (Å²) in [5.74, 6) is 2.37. The largest absolute Gasteiger partial charge is 0.396 e. The van der Waals surface area contributed by atoms with Crippen LogP contribution in [0.3, 0.4) is 0 Å². The van der Waals surface area contributed by atoms with Crippen LogP contribution in [0.4, 0.5) is 0 Å². The topological polar surface area (TPSA) is 57.5 Å². The fourth-order valence-electron chi connectivity index (χ4n) is 7.88. The lowest BCUT2D eigenvalue weighted by Crippen LogP contribution is -2.54. The summed E-state index contributed by atoms with van der Waals surface area (Å²) in [5.41, 5.74) is 0.236. The minimum absolute atomic E-state index is 0.0176. The lowest BCUT2D eigenvalue weighted by atomic mass is 9.47. The van der Waals surface area contributed by atoms with E-state index >= 15 is 0 Å². The highest BCUT2D eigenvalue weighted by Crippen LogP contribution is 2.67. The van der Waals surface area contributed by atoms with E-state index in [-0.39, 0.29) is 29.1 Å². The minimum atomic E-state index is -0.875. The number of fused-ring (bicyclic) bond motifs is 5. The molecule has 7 unspecified atom stereocenters. The van der Waals surface area contributed by atoms with Crippen molar-refractivity contribution in [1.29, 1.82) is 0 Å². The highest BCUT2D eigenvalue weighted by molar-refractivity contribution is 6.01. The Labute approximate surface area is 182 Å². The van der Waals surface area contributed by atoms with Gasteiger partial charge in [-0.2, -0.15) is 0 Å². The van der Waals surface area contributed by atoms with E-state index in [1.807, 2.05) is 19.1 Å². The Morgan fingerprint density at radius 1 is 1.23 bits per heavy atom. The van der Waals surface area contributed by atoms with Gasteiger partial charge in [-0.1, -0.05) is 44.6 Å². The van der Waals surface area contributed by atoms with Gasteiger partial charge in [-0.3, -0.25) is 4.79 Å². The van der Waals surface area contributed by atoms with Crippen molar-refractivity contribution < 1.29 is 15.0 Å². The SMILES string of the molecule is CC(C)CC=CC(C)(O)C1CCC2C3CCC4=CC(=O)C=CC4(C)C3CCC21CO. The van der Waals surface area contributed by atoms with Crippen LogP contribution in [0.1, 0.15) is 72.6 Å². The lowest BCUT2D eigenvalue weighted by Gasteiger charge is -2.58. The molecule has 4 aliphatic carbocycles. The van der Waals surface area contributed by atoms with E-state index in [4.69, 9.17) is 0 Å². The first-order chi connectivity index (χ1) is 14.1. The predicted octanol–water partition coefficient (Wildman–Crippen LogP) is 5.24. The van der Waals surface area contributed by atoms with Crippen molar-refractivity contribution in [2.24, 2.45) is 40.4 Å². The molecule has 0 bridgehead atoms. The number of aliphatic hydroxyl groups excluding tert-OH is 1. The number of hydrogen-bond acceptors (Lipinski definition) is 3. The standard InChI is InChI=1S/C27H40O3/c1-18(2)6-5-13-26(4,30)24-10-9-23-21-8-7-19-16-20(29)11-14-25(19,3)22(21)12-15-27(23,24)17-28/h5,11,13-14,16,18,21-24,28,30H,6-10,12,15,17H2,1-4H3. The van der Waals surface area contributed by atoms with Crippen LogP contribution in [0.25, 0.3) is 0 Å². The highest BCUT2D eigenvalue weighted by Gasteiger charge is 2.62. The average molecular weight is 413 g/mol. The lowest BCUT2D eigenvalue weighted by molar-refractivity contribution is -0.115. The summed E-state index contributed by atoms with van der Waals surface area (Å²) in [4.78, 5) is 12.0. The van der Waals surface area contributed by atoms with Crippen molar-refractivity contribution in [3.8, 4) is 0 Å². The molecule has 0 aromatic rings. The second-order valence-electron chi connectivity index (χ2n) is 11.4. The summed E-state index contributed by atoms with van der Waals surface area (Å²) in [5, 5.41) is 22.2. The molecule has 0 amide bonds. The minimum Gasteiger partial charge on any atom is -0.396 e. The third-order valence-electron chi connectivity index (χ3n) is 9.34. The van der Waals surface area contributed by atoms with Gasteiger partial charge >= 0.3 is 0 Å². The van der Waals surface area contributed by atoms with Gasteiger partial charge in [0, 0.05) is 17.4 Å². The molecule has 0 aliphatic heterocycles. The molecule has 0 radical (unpaired) electrons. The van der Waals surface area contributed by atoms with E-state index < -0.39 is 5.60 Å². The summed E-state index contributed by atoms with van der Waals surface area (Å²) in [6, 6.07) is 0. The third kappa shape index (κ3) is 3.37. The van der Waals surface area contributed by atoms with Crippen LogP contribution in [0.5, 0.6) is 0 Å². The quantitative estimate of drug-likeness (QED) is 0.608. The zero-order valence-corrected chi connectivity index (χ0v) is 19.2. The van der Waals surface area contributed by atoms with Gasteiger partial charge in [0.05, 0.1) is 5.60 Å². The maximum atomic E-state index is 12.0. The molecule has 0 aromatic heterocycles. The molecule has 0 spiro atoms. The van der Waals surface area contributed by atoms with Crippen molar-refractivity contribution >= 4 is 5.78 Å². The normalized spacial score (nSPS) is 42.6. The molecule has 3 saturated carbocycles. The molecular weight excluding hydrogens is 372 g/mol. The Morgan fingerprint density at radius 3 is 2.70 bits per heavy atom. The number of hydrogen-bond donors (Lipinski definition) is 2. The fraction of sp³-hybridized carbons (Fsp3) is 0.741. The van der Waals surface area contributed by atoms with Gasteiger partial charge in [0.2, 0.25) is 0 Å². The van der Waals surface area contributed by atoms with E-state index in [9.17, 15) is 15.0 Å². The van der Waals surface area contributed by atoms with Crippen LogP contribution in [-0.4, -0.2) is 28.2 Å². The first kappa shape index (κ1) is 22.0. The van der Waals surface area contributed by atoms with Crippen molar-refractivity contribution in [2.45, 2.75) is 78.2 Å². The number of ketones is 1. The highest BCUT2D eigenvalue weighted by atomic mass is 16.3. The van der Waals surface area contributed by atoms with E-state index in [2.05, 4.69) is 32.9 Å². The van der Waals surface area contributed by atoms with E-state index in [1.54, 1.807) is 6.08 Å². The molecule has 0 aromatic carbocycles. The first-order valence-corrected chi connectivity index (χ1v) is 12.1. The molecule has 4 aliphatic rings. The second kappa shape index (κ2) is 7.74. The van der Waals surface area contributed by atoms with Gasteiger partial charge in [0.1, 0.15) is 0 Å². The van der Waals surface area contributed by atoms with E-state index in [0.29, 0.717) is 23.7 Å². The first-order valence-electron chi connectivity index (χ1n) is 12.1. The molecule has 3 heteroatoms. The molecular formula is C27H40O3. The van der Waals surface area contributed by atoms with Gasteiger partial charge in [0.15, 0.2) is 5.78 Å². The molecule has 0 heterocycles. The van der Waals surface area contributed by atoms with Crippen LogP contribution in [0.15, 0.2) is 36.0 Å². The zero-order valence-electron chi connectivity index (χ0n) is 19.2. The Kier molecular flexibility index (Phi) is 5.68. The summed E-state index contributed by atoms with van der Waals surface area (Å²) in [6.45, 7) is 8.84. The van der Waals surface area contributed by atoms with Crippen LogP contribution in [0, 0.1) is 40.4 Å². The molecule has 166 valence electrons. The van der Waals surface area contributed by atoms with Gasteiger partial charge in [-0.05, 0) is 93.6 Å². The fourth-order valence-corrected chi connectivity index (χ4v) is 7.88. The second-order valence-corrected chi connectivity index (χ2v) is 11.4. The maximum Gasteiger partial charge on any atom is 0.178 e. The Morgan fingerprint density at radius 2 is 2.00 bits per heavy atom. The summed E-state index contributed by atoms with van der Waals surface area (Å²) >= 11 is 0. The summed E-state index contributed by atoms with van der Waals surface area (Å²) < 4.78 is 0. The van der Waals surface area contributed by atoms with Crippen LogP contribution in [-0.2, 0) is 4.79 Å². The number of allylic oxidation sites excluding steroid dienone is 5. The van der Waals surface area contributed by atoms with Gasteiger partial charge in [-0.15, -0.1) is 0 Å². The molecule has 0 saturated heterocycles. The summed E-state index contributed by atoms with van der Waals surface area (Å²) in [7, 11) is 0. The predicted molar refractivity (Wildman–Crippen MR) is 121 cm³/mol. The molecule has 3 nitrogen and oxygen atoms in total. The number of rotatable bonds is 5. The van der Waals surface area contributed by atoms with Gasteiger partial charge < -0.3 is 10.2 Å². The zero-order chi connectivity index (χ0) is 21.7. The van der Waals surface area contributed by atoms with E-state index in [1.165, 1.54) is 5.57 Å². The average Bonchev–Trinajstić information content (AvgIpc) is 3.09. The molecule has 4 rings (SSSR count). The Bertz CT molecular complexity index is 773. The third-order valence-corrected chi connectivity index (χ3v) is 9.34. The van der Waals surface area contributed by atoms with Gasteiger partial charge in [-0.25, -0.2) is 0 Å². The maximum absolute atomic E-state index is 12.0. The van der Waals surface area contributed by atoms with Crippen molar-refractivity contribution in [1.82, 2.24) is 0 Å². The monoisotopic (exact) mass is 412 g/mol. The Hall–Kier alpha value is -1.19. The molecule has 2 N–H and O–H groups in total. The molecule has 3 fully saturated rings. The van der Waals surface area contributed by atoms with Crippen molar-refractivity contribution in [2.75, 3.05) is 6.61 Å². The van der Waals surface area contributed by atoms with Gasteiger partial charge in [0.25, 0.3) is 0 Å². The molecule has 30 heavy (non-hydrogen) atoms. The van der Waals surface area contributed by atoms with Crippen molar-refractivity contribution in [3.63, 3.8) is 0 Å². The number of aliphatic hydroxyl groups is 2. The summed E-state index contributed by atoms with van der Waals surface area (Å²) in [6.07, 6.45) is 17.2.